The van der Waals surface area contributed by atoms with Crippen LogP contribution in [0.2, 0.25) is 0 Å². The summed E-state index contributed by atoms with van der Waals surface area (Å²) in [6, 6.07) is 17.9. The van der Waals surface area contributed by atoms with Crippen molar-refractivity contribution in [3.05, 3.63) is 70.6 Å². The summed E-state index contributed by atoms with van der Waals surface area (Å²) in [6.45, 7) is 6.59. The first-order valence-corrected chi connectivity index (χ1v) is 11.4. The molecule has 0 amide bonds. The molecule has 126 valence electrons. The Bertz CT molecular complexity index is 979. The van der Waals surface area contributed by atoms with Crippen LogP contribution in [0.15, 0.2) is 63.0 Å². The van der Waals surface area contributed by atoms with Crippen LogP contribution < -0.4 is 0 Å². The first-order valence-electron chi connectivity index (χ1n) is 8.10. The molecular formula is C21H18S4. The molecule has 0 aliphatic heterocycles. The van der Waals surface area contributed by atoms with Crippen LogP contribution in [0, 0.1) is 20.8 Å². The highest BCUT2D eigenvalue weighted by Gasteiger charge is 2.11. The van der Waals surface area contributed by atoms with Gasteiger partial charge in [-0.05, 0) is 67.6 Å². The van der Waals surface area contributed by atoms with Crippen LogP contribution in [0.4, 0.5) is 0 Å². The quantitative estimate of drug-likeness (QED) is 0.333. The summed E-state index contributed by atoms with van der Waals surface area (Å²) in [5, 5.41) is 2.14. The summed E-state index contributed by atoms with van der Waals surface area (Å²) < 4.78 is 1.36. The molecule has 4 rings (SSSR count). The zero-order chi connectivity index (χ0) is 17.4. The maximum atomic E-state index is 2.27. The molecule has 0 spiro atoms. The van der Waals surface area contributed by atoms with E-state index in [2.05, 4.69) is 74.7 Å². The van der Waals surface area contributed by atoms with Crippen molar-refractivity contribution in [2.45, 2.75) is 29.9 Å². The third-order valence-electron chi connectivity index (χ3n) is 4.00. The second-order valence-electron chi connectivity index (χ2n) is 6.09. The molecule has 0 atom stereocenters. The highest BCUT2D eigenvalue weighted by Crippen LogP contribution is 2.43. The fourth-order valence-corrected chi connectivity index (χ4v) is 7.09. The van der Waals surface area contributed by atoms with Gasteiger partial charge in [0.05, 0.1) is 4.21 Å². The molecule has 0 fully saturated rings. The van der Waals surface area contributed by atoms with Gasteiger partial charge in [-0.1, -0.05) is 35.5 Å². The SMILES string of the molecule is Cc1cc(C)c(Sc2ccc(-c3ccc(-c4cccs4)s3)s2)c(C)c1. The number of thiophene rings is 3. The number of hydrogen-bond donors (Lipinski definition) is 0. The molecule has 3 aromatic heterocycles. The van der Waals surface area contributed by atoms with Gasteiger partial charge in [-0.25, -0.2) is 0 Å². The van der Waals surface area contributed by atoms with Crippen molar-refractivity contribution >= 4 is 45.8 Å². The number of aryl methyl sites for hydroxylation is 3. The van der Waals surface area contributed by atoms with Gasteiger partial charge in [-0.2, -0.15) is 0 Å². The van der Waals surface area contributed by atoms with Crippen LogP contribution in [0.1, 0.15) is 16.7 Å². The van der Waals surface area contributed by atoms with Gasteiger partial charge < -0.3 is 0 Å². The Morgan fingerprint density at radius 3 is 2.04 bits per heavy atom. The largest absolute Gasteiger partial charge is 0.143 e. The minimum absolute atomic E-state index is 1.34. The maximum absolute atomic E-state index is 2.27. The molecule has 0 unspecified atom stereocenters. The lowest BCUT2D eigenvalue weighted by Gasteiger charge is -2.09. The first-order chi connectivity index (χ1) is 12.1. The van der Waals surface area contributed by atoms with Crippen molar-refractivity contribution < 1.29 is 0 Å². The second-order valence-corrected chi connectivity index (χ2v) is 10.5. The van der Waals surface area contributed by atoms with Crippen LogP contribution in [-0.4, -0.2) is 0 Å². The molecule has 0 saturated carbocycles. The predicted molar refractivity (Wildman–Crippen MR) is 116 cm³/mol. The van der Waals surface area contributed by atoms with E-state index in [1.165, 1.54) is 45.3 Å². The van der Waals surface area contributed by atoms with Gasteiger partial charge in [0.15, 0.2) is 0 Å². The van der Waals surface area contributed by atoms with Crippen molar-refractivity contribution in [2.75, 3.05) is 0 Å². The standard InChI is InChI=1S/C21H18S4/c1-13-11-14(2)21(15(3)12-13)25-20-9-8-19(24-20)18-7-6-17(23-18)16-5-4-10-22-16/h4-12H,1-3H3. The Morgan fingerprint density at radius 1 is 0.720 bits per heavy atom. The summed E-state index contributed by atoms with van der Waals surface area (Å²) in [5.41, 5.74) is 4.08. The first kappa shape index (κ1) is 17.1. The predicted octanol–water partition coefficient (Wildman–Crippen LogP) is 8.28. The molecule has 1 aromatic carbocycles. The van der Waals surface area contributed by atoms with E-state index in [1.54, 1.807) is 11.3 Å². The highest BCUT2D eigenvalue weighted by atomic mass is 32.2. The van der Waals surface area contributed by atoms with Gasteiger partial charge in [-0.15, -0.1) is 34.0 Å². The number of benzene rings is 1. The Balaban J connectivity index is 1.59. The molecule has 4 aromatic rings. The van der Waals surface area contributed by atoms with E-state index in [1.807, 2.05) is 34.4 Å². The third kappa shape index (κ3) is 3.63. The fraction of sp³-hybridized carbons (Fsp3) is 0.143. The molecule has 0 N–H and O–H groups in total. The third-order valence-corrected chi connectivity index (χ3v) is 8.91. The Hall–Kier alpha value is -1.33. The minimum atomic E-state index is 1.34. The molecular weight excluding hydrogens is 380 g/mol. The molecule has 4 heteroatoms. The van der Waals surface area contributed by atoms with Gasteiger partial charge in [0.1, 0.15) is 0 Å². The average Bonchev–Trinajstić information content (AvgIpc) is 3.29. The monoisotopic (exact) mass is 398 g/mol. The van der Waals surface area contributed by atoms with Crippen LogP contribution in [-0.2, 0) is 0 Å². The number of hydrogen-bond acceptors (Lipinski definition) is 4. The molecule has 25 heavy (non-hydrogen) atoms. The van der Waals surface area contributed by atoms with Gasteiger partial charge in [0.25, 0.3) is 0 Å². The van der Waals surface area contributed by atoms with E-state index in [0.717, 1.165) is 0 Å². The van der Waals surface area contributed by atoms with Crippen LogP contribution in [0.25, 0.3) is 19.5 Å². The molecule has 0 saturated heterocycles. The van der Waals surface area contributed by atoms with Crippen molar-refractivity contribution in [2.24, 2.45) is 0 Å². The minimum Gasteiger partial charge on any atom is -0.143 e. The summed E-state index contributed by atoms with van der Waals surface area (Å²) in [7, 11) is 0. The lowest BCUT2D eigenvalue weighted by molar-refractivity contribution is 1.19. The second kappa shape index (κ2) is 7.12. The normalized spacial score (nSPS) is 11.2. The van der Waals surface area contributed by atoms with E-state index in [4.69, 9.17) is 0 Å². The lowest BCUT2D eigenvalue weighted by atomic mass is 10.1. The zero-order valence-electron chi connectivity index (χ0n) is 14.3. The van der Waals surface area contributed by atoms with Gasteiger partial charge >= 0.3 is 0 Å². The van der Waals surface area contributed by atoms with Crippen molar-refractivity contribution in [3.8, 4) is 19.5 Å². The van der Waals surface area contributed by atoms with Crippen molar-refractivity contribution in [1.29, 1.82) is 0 Å². The summed E-state index contributed by atoms with van der Waals surface area (Å²) in [5.74, 6) is 0. The van der Waals surface area contributed by atoms with Crippen LogP contribution in [0.3, 0.4) is 0 Å². The van der Waals surface area contributed by atoms with E-state index < -0.39 is 0 Å². The van der Waals surface area contributed by atoms with Gasteiger partial charge in [0, 0.05) is 24.4 Å². The fourth-order valence-electron chi connectivity index (χ4n) is 2.96. The van der Waals surface area contributed by atoms with Crippen molar-refractivity contribution in [3.63, 3.8) is 0 Å². The maximum Gasteiger partial charge on any atom is 0.0653 e. The highest BCUT2D eigenvalue weighted by molar-refractivity contribution is 8.01. The topological polar surface area (TPSA) is 0 Å². The summed E-state index contributed by atoms with van der Waals surface area (Å²) in [6.07, 6.45) is 0. The van der Waals surface area contributed by atoms with Crippen LogP contribution >= 0.6 is 45.8 Å². The Kier molecular flexibility index (Phi) is 4.87. The molecule has 0 bridgehead atoms. The Morgan fingerprint density at radius 2 is 1.36 bits per heavy atom. The molecule has 0 aliphatic carbocycles. The number of rotatable bonds is 4. The summed E-state index contributed by atoms with van der Waals surface area (Å²) >= 11 is 7.47. The zero-order valence-corrected chi connectivity index (χ0v) is 17.6. The molecule has 0 nitrogen and oxygen atoms in total. The lowest BCUT2D eigenvalue weighted by Crippen LogP contribution is -1.86. The van der Waals surface area contributed by atoms with E-state index in [0.29, 0.717) is 0 Å². The summed E-state index contributed by atoms with van der Waals surface area (Å²) in [4.78, 5) is 6.82. The smallest absolute Gasteiger partial charge is 0.0653 e. The molecule has 3 heterocycles. The van der Waals surface area contributed by atoms with E-state index in [9.17, 15) is 0 Å². The molecule has 0 aliphatic rings. The van der Waals surface area contributed by atoms with Gasteiger partial charge in [0.2, 0.25) is 0 Å². The molecule has 0 radical (unpaired) electrons. The van der Waals surface area contributed by atoms with E-state index in [-0.39, 0.29) is 0 Å². The van der Waals surface area contributed by atoms with Crippen molar-refractivity contribution in [1.82, 2.24) is 0 Å². The van der Waals surface area contributed by atoms with Crippen LogP contribution in [0.5, 0.6) is 0 Å². The Labute approximate surface area is 165 Å². The van der Waals surface area contributed by atoms with Gasteiger partial charge in [-0.3, -0.25) is 0 Å². The average molecular weight is 399 g/mol. The van der Waals surface area contributed by atoms with E-state index >= 15 is 0 Å².